The van der Waals surface area contributed by atoms with E-state index < -0.39 is 23.9 Å². The first-order valence-electron chi connectivity index (χ1n) is 7.17. The number of Topliss-reactive ketones (excluding diaryl/α,β-unsaturated/α-hetero) is 1. The van der Waals surface area contributed by atoms with Crippen molar-refractivity contribution in [3.8, 4) is 5.75 Å². The third kappa shape index (κ3) is 6.29. The number of aliphatic carboxylic acids is 1. The molecule has 124 valence electrons. The molecule has 0 radical (unpaired) electrons. The van der Waals surface area contributed by atoms with Crippen molar-refractivity contribution in [3.05, 3.63) is 29.8 Å². The molecule has 7 heteroatoms. The number of hydrogen-bond donors (Lipinski definition) is 2. The molecule has 0 spiro atoms. The molecule has 1 atom stereocenters. The van der Waals surface area contributed by atoms with Gasteiger partial charge in [0.2, 0.25) is 0 Å². The average Bonchev–Trinajstić information content (AvgIpc) is 2.50. The lowest BCUT2D eigenvalue weighted by atomic mass is 10.1. The van der Waals surface area contributed by atoms with Crippen molar-refractivity contribution in [1.29, 1.82) is 0 Å². The summed E-state index contributed by atoms with van der Waals surface area (Å²) in [7, 11) is 0. The van der Waals surface area contributed by atoms with Gasteiger partial charge in [-0.25, -0.2) is 4.79 Å². The Labute approximate surface area is 133 Å². The van der Waals surface area contributed by atoms with Gasteiger partial charge in [-0.05, 0) is 24.6 Å². The van der Waals surface area contributed by atoms with Crippen LogP contribution in [0.2, 0.25) is 0 Å². The van der Waals surface area contributed by atoms with E-state index in [1.165, 1.54) is 31.2 Å². The van der Waals surface area contributed by atoms with E-state index in [2.05, 4.69) is 5.32 Å². The Bertz CT molecular complexity index is 610. The monoisotopic (exact) mass is 321 g/mol. The number of ketones is 1. The van der Waals surface area contributed by atoms with Crippen LogP contribution in [-0.2, 0) is 14.4 Å². The van der Waals surface area contributed by atoms with E-state index in [1.54, 1.807) is 6.92 Å². The molecule has 0 unspecified atom stereocenters. The fraction of sp³-hybridized carbons (Fsp3) is 0.375. The Morgan fingerprint density at radius 1 is 1.26 bits per heavy atom. The Hall–Kier alpha value is -2.70. The highest BCUT2D eigenvalue weighted by molar-refractivity contribution is 5.97. The fourth-order valence-corrected chi connectivity index (χ4v) is 1.85. The third-order valence-corrected chi connectivity index (χ3v) is 3.07. The minimum absolute atomic E-state index is 0.0252. The number of carbonyl (C=O) groups excluding carboxylic acids is 3. The lowest BCUT2D eigenvalue weighted by Crippen LogP contribution is -2.41. The lowest BCUT2D eigenvalue weighted by molar-refractivity contribution is -0.139. The maximum atomic E-state index is 12.1. The van der Waals surface area contributed by atoms with Gasteiger partial charge in [0, 0.05) is 25.3 Å². The number of carboxylic acid groups (broad SMARTS) is 1. The van der Waals surface area contributed by atoms with E-state index in [4.69, 9.17) is 9.84 Å². The van der Waals surface area contributed by atoms with Gasteiger partial charge in [0.25, 0.3) is 5.91 Å². The number of benzene rings is 1. The molecule has 0 fully saturated rings. The van der Waals surface area contributed by atoms with E-state index in [-0.39, 0.29) is 29.9 Å². The van der Waals surface area contributed by atoms with Crippen LogP contribution < -0.4 is 10.1 Å². The highest BCUT2D eigenvalue weighted by atomic mass is 16.5. The third-order valence-electron chi connectivity index (χ3n) is 3.07. The smallest absolute Gasteiger partial charge is 0.326 e. The summed E-state index contributed by atoms with van der Waals surface area (Å²) in [4.78, 5) is 45.5. The quantitative estimate of drug-likeness (QED) is 0.555. The second-order valence-electron chi connectivity index (χ2n) is 4.92. The Balaban J connectivity index is 2.76. The summed E-state index contributed by atoms with van der Waals surface area (Å²) in [6, 6.07) is 4.68. The van der Waals surface area contributed by atoms with Crippen LogP contribution in [0.3, 0.4) is 0 Å². The van der Waals surface area contributed by atoms with Crippen LogP contribution in [0.1, 0.15) is 43.5 Å². The van der Waals surface area contributed by atoms with E-state index in [0.29, 0.717) is 6.42 Å². The normalized spacial score (nSPS) is 11.4. The summed E-state index contributed by atoms with van der Waals surface area (Å²) in [5.74, 6) is -2.22. The van der Waals surface area contributed by atoms with Gasteiger partial charge >= 0.3 is 11.9 Å². The molecule has 0 heterocycles. The molecule has 0 aliphatic rings. The van der Waals surface area contributed by atoms with Crippen molar-refractivity contribution in [2.24, 2.45) is 0 Å². The average molecular weight is 321 g/mol. The minimum atomic E-state index is -1.21. The summed E-state index contributed by atoms with van der Waals surface area (Å²) in [5, 5.41) is 11.5. The zero-order valence-electron chi connectivity index (χ0n) is 13.0. The van der Waals surface area contributed by atoms with Crippen LogP contribution >= 0.6 is 0 Å². The molecule has 23 heavy (non-hydrogen) atoms. The second kappa shape index (κ2) is 8.67. The standard InChI is InChI=1S/C16H19NO6/c1-3-12(19)7-8-14(16(21)22)17-15(20)11-5-4-6-13(9-11)23-10(2)18/h4-6,9,14H,3,7-8H2,1-2H3,(H,17,20)(H,21,22)/t14-/m0/s1. The van der Waals surface area contributed by atoms with Crippen molar-refractivity contribution in [2.75, 3.05) is 0 Å². The number of hydrogen-bond acceptors (Lipinski definition) is 5. The van der Waals surface area contributed by atoms with Crippen molar-refractivity contribution in [2.45, 2.75) is 39.2 Å². The molecule has 0 saturated heterocycles. The van der Waals surface area contributed by atoms with Crippen molar-refractivity contribution in [3.63, 3.8) is 0 Å². The maximum absolute atomic E-state index is 12.1. The van der Waals surface area contributed by atoms with Gasteiger partial charge in [-0.15, -0.1) is 0 Å². The maximum Gasteiger partial charge on any atom is 0.326 e. The molecule has 1 aromatic rings. The topological polar surface area (TPSA) is 110 Å². The highest BCUT2D eigenvalue weighted by Crippen LogP contribution is 2.14. The number of esters is 1. The van der Waals surface area contributed by atoms with Crippen molar-refractivity contribution >= 4 is 23.6 Å². The first-order valence-corrected chi connectivity index (χ1v) is 7.17. The molecule has 0 saturated carbocycles. The van der Waals surface area contributed by atoms with Crippen LogP contribution in [-0.4, -0.2) is 34.8 Å². The number of nitrogens with one attached hydrogen (secondary N) is 1. The molecular weight excluding hydrogens is 302 g/mol. The Morgan fingerprint density at radius 3 is 2.52 bits per heavy atom. The SMILES string of the molecule is CCC(=O)CC[C@H](NC(=O)c1cccc(OC(C)=O)c1)C(=O)O. The van der Waals surface area contributed by atoms with Crippen LogP contribution in [0.15, 0.2) is 24.3 Å². The lowest BCUT2D eigenvalue weighted by Gasteiger charge is -2.14. The van der Waals surface area contributed by atoms with Gasteiger partial charge < -0.3 is 15.2 Å². The van der Waals surface area contributed by atoms with Gasteiger partial charge in [0.15, 0.2) is 0 Å². The largest absolute Gasteiger partial charge is 0.480 e. The zero-order valence-corrected chi connectivity index (χ0v) is 13.0. The molecule has 0 aliphatic carbocycles. The van der Waals surface area contributed by atoms with Gasteiger partial charge in [-0.3, -0.25) is 14.4 Å². The highest BCUT2D eigenvalue weighted by Gasteiger charge is 2.21. The predicted octanol–water partition coefficient (Wildman–Crippen LogP) is 1.55. The van der Waals surface area contributed by atoms with Crippen LogP contribution in [0.4, 0.5) is 0 Å². The van der Waals surface area contributed by atoms with Crippen LogP contribution in [0, 0.1) is 0 Å². The van der Waals surface area contributed by atoms with E-state index in [1.807, 2.05) is 0 Å². The molecule has 7 nitrogen and oxygen atoms in total. The fourth-order valence-electron chi connectivity index (χ4n) is 1.85. The van der Waals surface area contributed by atoms with Crippen molar-refractivity contribution < 1.29 is 29.0 Å². The summed E-state index contributed by atoms with van der Waals surface area (Å²) < 4.78 is 4.87. The molecule has 1 rings (SSSR count). The molecule has 0 aromatic heterocycles. The van der Waals surface area contributed by atoms with E-state index in [9.17, 15) is 19.2 Å². The molecule has 0 aliphatic heterocycles. The molecule has 1 amide bonds. The van der Waals surface area contributed by atoms with Gasteiger partial charge in [0.05, 0.1) is 0 Å². The Kier molecular flexibility index (Phi) is 6.92. The predicted molar refractivity (Wildman–Crippen MR) is 81.2 cm³/mol. The number of carboxylic acids is 1. The van der Waals surface area contributed by atoms with Crippen molar-refractivity contribution in [1.82, 2.24) is 5.32 Å². The number of ether oxygens (including phenoxy) is 1. The van der Waals surface area contributed by atoms with E-state index >= 15 is 0 Å². The van der Waals surface area contributed by atoms with Gasteiger partial charge in [-0.1, -0.05) is 13.0 Å². The van der Waals surface area contributed by atoms with Crippen LogP contribution in [0.5, 0.6) is 5.75 Å². The Morgan fingerprint density at radius 2 is 1.96 bits per heavy atom. The van der Waals surface area contributed by atoms with Gasteiger partial charge in [-0.2, -0.15) is 0 Å². The number of rotatable bonds is 8. The zero-order chi connectivity index (χ0) is 17.4. The molecule has 0 bridgehead atoms. The van der Waals surface area contributed by atoms with Gasteiger partial charge in [0.1, 0.15) is 17.6 Å². The number of carbonyl (C=O) groups is 4. The second-order valence-corrected chi connectivity index (χ2v) is 4.92. The summed E-state index contributed by atoms with van der Waals surface area (Å²) in [6.45, 7) is 2.93. The van der Waals surface area contributed by atoms with Crippen LogP contribution in [0.25, 0.3) is 0 Å². The first kappa shape index (κ1) is 18.3. The van der Waals surface area contributed by atoms with E-state index in [0.717, 1.165) is 0 Å². The first-order chi connectivity index (χ1) is 10.8. The molecular formula is C16H19NO6. The molecule has 2 N–H and O–H groups in total. The molecule has 1 aromatic carbocycles. The minimum Gasteiger partial charge on any atom is -0.480 e. The number of amides is 1. The summed E-state index contributed by atoms with van der Waals surface area (Å²) in [6.07, 6.45) is 0.434. The summed E-state index contributed by atoms with van der Waals surface area (Å²) in [5.41, 5.74) is 0.164. The summed E-state index contributed by atoms with van der Waals surface area (Å²) >= 11 is 0.